The minimum absolute atomic E-state index is 0.256. The van der Waals surface area contributed by atoms with Gasteiger partial charge in [-0.15, -0.1) is 0 Å². The Morgan fingerprint density at radius 2 is 1.97 bits per heavy atom. The van der Waals surface area contributed by atoms with Crippen LogP contribution < -0.4 is 9.64 Å². The molecule has 2 aromatic heterocycles. The van der Waals surface area contributed by atoms with Crippen LogP contribution in [0.3, 0.4) is 0 Å². The molecule has 1 aliphatic heterocycles. The van der Waals surface area contributed by atoms with E-state index in [4.69, 9.17) is 29.2 Å². The van der Waals surface area contributed by atoms with E-state index in [1.54, 1.807) is 18.9 Å². The average molecular weight is 444 g/mol. The zero-order valence-corrected chi connectivity index (χ0v) is 19.3. The van der Waals surface area contributed by atoms with Gasteiger partial charge < -0.3 is 23.7 Å². The number of aromatic nitrogens is 4. The molecule has 166 valence electrons. The highest BCUT2D eigenvalue weighted by molar-refractivity contribution is 7.98. The predicted molar refractivity (Wildman–Crippen MR) is 122 cm³/mol. The summed E-state index contributed by atoms with van der Waals surface area (Å²) in [5.41, 5.74) is 2.89. The van der Waals surface area contributed by atoms with Crippen LogP contribution in [0, 0.1) is 0 Å². The van der Waals surface area contributed by atoms with Gasteiger partial charge in [-0.1, -0.05) is 30.8 Å². The lowest BCUT2D eigenvalue weighted by atomic mass is 10.2. The third-order valence-corrected chi connectivity index (χ3v) is 6.22. The Morgan fingerprint density at radius 1 is 1.16 bits per heavy atom. The number of aryl methyl sites for hydroxylation is 2. The van der Waals surface area contributed by atoms with E-state index in [1.165, 1.54) is 5.56 Å². The number of hydrogen-bond donors (Lipinski definition) is 0. The Hall–Kier alpha value is -2.36. The number of anilines is 1. The quantitative estimate of drug-likeness (QED) is 0.387. The van der Waals surface area contributed by atoms with Crippen molar-refractivity contribution >= 4 is 28.7 Å². The monoisotopic (exact) mass is 443 g/mol. The number of methoxy groups -OCH3 is 1. The van der Waals surface area contributed by atoms with Gasteiger partial charge in [0.25, 0.3) is 0 Å². The van der Waals surface area contributed by atoms with E-state index in [-0.39, 0.29) is 6.29 Å². The molecular weight excluding hydrogens is 414 g/mol. The summed E-state index contributed by atoms with van der Waals surface area (Å²) in [5, 5.41) is 0.739. The molecule has 0 bridgehead atoms. The summed E-state index contributed by atoms with van der Waals surface area (Å²) in [6, 6.07) is 8.08. The van der Waals surface area contributed by atoms with E-state index in [0.29, 0.717) is 19.8 Å². The summed E-state index contributed by atoms with van der Waals surface area (Å²) in [6.07, 6.45) is 0.583. The summed E-state index contributed by atoms with van der Waals surface area (Å²) in [5.74, 6) is 3.48. The molecule has 1 atom stereocenters. The van der Waals surface area contributed by atoms with Gasteiger partial charge in [-0.3, -0.25) is 0 Å². The van der Waals surface area contributed by atoms with Crippen LogP contribution in [0.5, 0.6) is 5.75 Å². The van der Waals surface area contributed by atoms with E-state index < -0.39 is 0 Å². The van der Waals surface area contributed by atoms with Crippen LogP contribution in [-0.2, 0) is 28.7 Å². The van der Waals surface area contributed by atoms with E-state index >= 15 is 0 Å². The SMILES string of the molecule is CCOC1CN(c2nc(SCc3ccc(OC)cc3)nc3c2nc(CC)n3C)CCO1. The molecule has 9 heteroatoms. The van der Waals surface area contributed by atoms with Gasteiger partial charge in [-0.25, -0.2) is 15.0 Å². The summed E-state index contributed by atoms with van der Waals surface area (Å²) < 4.78 is 18.8. The van der Waals surface area contributed by atoms with Crippen LogP contribution in [-0.4, -0.2) is 59.2 Å². The lowest BCUT2D eigenvalue weighted by molar-refractivity contribution is -0.143. The number of ether oxygens (including phenoxy) is 3. The molecule has 1 aromatic carbocycles. The molecule has 0 aliphatic carbocycles. The topological polar surface area (TPSA) is 74.5 Å². The Balaban J connectivity index is 1.65. The van der Waals surface area contributed by atoms with Gasteiger partial charge in [0.15, 0.2) is 28.4 Å². The van der Waals surface area contributed by atoms with Crippen molar-refractivity contribution in [2.45, 2.75) is 37.5 Å². The lowest BCUT2D eigenvalue weighted by Gasteiger charge is -2.33. The molecule has 3 heterocycles. The Labute approximate surface area is 186 Å². The van der Waals surface area contributed by atoms with Gasteiger partial charge >= 0.3 is 0 Å². The number of rotatable bonds is 8. The minimum atomic E-state index is -0.256. The largest absolute Gasteiger partial charge is 0.497 e. The molecular formula is C22H29N5O3S. The Morgan fingerprint density at radius 3 is 2.68 bits per heavy atom. The van der Waals surface area contributed by atoms with Crippen molar-refractivity contribution < 1.29 is 14.2 Å². The highest BCUT2D eigenvalue weighted by atomic mass is 32.2. The third-order valence-electron chi connectivity index (χ3n) is 5.30. The van der Waals surface area contributed by atoms with Crippen molar-refractivity contribution in [2.75, 3.05) is 38.3 Å². The number of fused-ring (bicyclic) bond motifs is 1. The minimum Gasteiger partial charge on any atom is -0.497 e. The number of morpholine rings is 1. The molecule has 3 aromatic rings. The van der Waals surface area contributed by atoms with Crippen LogP contribution in [0.4, 0.5) is 5.82 Å². The van der Waals surface area contributed by atoms with Crippen LogP contribution >= 0.6 is 11.8 Å². The summed E-state index contributed by atoms with van der Waals surface area (Å²) in [4.78, 5) is 16.8. The van der Waals surface area contributed by atoms with Crippen LogP contribution in [0.2, 0.25) is 0 Å². The van der Waals surface area contributed by atoms with E-state index in [2.05, 4.69) is 28.5 Å². The highest BCUT2D eigenvalue weighted by Gasteiger charge is 2.26. The summed E-state index contributed by atoms with van der Waals surface area (Å²) in [7, 11) is 3.69. The molecule has 0 N–H and O–H groups in total. The zero-order chi connectivity index (χ0) is 21.8. The Bertz CT molecular complexity index is 1020. The molecule has 0 saturated carbocycles. The maximum atomic E-state index is 5.74. The second-order valence-electron chi connectivity index (χ2n) is 7.28. The maximum Gasteiger partial charge on any atom is 0.191 e. The van der Waals surface area contributed by atoms with Gasteiger partial charge in [0.2, 0.25) is 0 Å². The normalized spacial score (nSPS) is 16.8. The van der Waals surface area contributed by atoms with Crippen molar-refractivity contribution in [3.63, 3.8) is 0 Å². The fraction of sp³-hybridized carbons (Fsp3) is 0.500. The Kier molecular flexibility index (Phi) is 6.94. The second-order valence-corrected chi connectivity index (χ2v) is 8.22. The van der Waals surface area contributed by atoms with E-state index in [0.717, 1.165) is 52.4 Å². The number of thioether (sulfide) groups is 1. The summed E-state index contributed by atoms with van der Waals surface area (Å²) in [6.45, 7) is 6.66. The van der Waals surface area contributed by atoms with Crippen LogP contribution in [0.1, 0.15) is 25.2 Å². The van der Waals surface area contributed by atoms with Gasteiger partial charge in [-0.05, 0) is 24.6 Å². The maximum absolute atomic E-state index is 5.74. The number of nitrogens with zero attached hydrogens (tertiary/aromatic N) is 5. The van der Waals surface area contributed by atoms with Gasteiger partial charge in [0.05, 0.1) is 20.3 Å². The number of benzene rings is 1. The van der Waals surface area contributed by atoms with E-state index in [9.17, 15) is 0 Å². The highest BCUT2D eigenvalue weighted by Crippen LogP contribution is 2.30. The third kappa shape index (κ3) is 4.78. The first-order valence-electron chi connectivity index (χ1n) is 10.6. The smallest absolute Gasteiger partial charge is 0.191 e. The molecule has 1 fully saturated rings. The molecule has 31 heavy (non-hydrogen) atoms. The zero-order valence-electron chi connectivity index (χ0n) is 18.5. The first-order valence-corrected chi connectivity index (χ1v) is 11.6. The van der Waals surface area contributed by atoms with Crippen molar-refractivity contribution in [2.24, 2.45) is 7.05 Å². The number of imidazole rings is 1. The lowest BCUT2D eigenvalue weighted by Crippen LogP contribution is -2.44. The average Bonchev–Trinajstić information content (AvgIpc) is 3.13. The summed E-state index contributed by atoms with van der Waals surface area (Å²) >= 11 is 1.62. The van der Waals surface area contributed by atoms with Crippen molar-refractivity contribution in [1.29, 1.82) is 0 Å². The van der Waals surface area contributed by atoms with Gasteiger partial charge in [-0.2, -0.15) is 0 Å². The first kappa shape index (κ1) is 21.9. The standard InChI is InChI=1S/C22H29N5O3S/c1-5-17-23-19-20(26(17)3)24-22(31-14-15-7-9-16(28-4)10-8-15)25-21(19)27-11-12-30-18(13-27)29-6-2/h7-10,18H,5-6,11-14H2,1-4H3. The molecule has 0 radical (unpaired) electrons. The predicted octanol–water partition coefficient (Wildman–Crippen LogP) is 3.43. The van der Waals surface area contributed by atoms with Crippen molar-refractivity contribution in [3.05, 3.63) is 35.7 Å². The van der Waals surface area contributed by atoms with Crippen LogP contribution in [0.15, 0.2) is 29.4 Å². The molecule has 1 saturated heterocycles. The fourth-order valence-electron chi connectivity index (χ4n) is 3.64. The van der Waals surface area contributed by atoms with Crippen molar-refractivity contribution in [1.82, 2.24) is 19.5 Å². The van der Waals surface area contributed by atoms with Gasteiger partial charge in [0, 0.05) is 32.4 Å². The molecule has 0 spiro atoms. The van der Waals surface area contributed by atoms with Crippen molar-refractivity contribution in [3.8, 4) is 5.75 Å². The van der Waals surface area contributed by atoms with Crippen LogP contribution in [0.25, 0.3) is 11.2 Å². The van der Waals surface area contributed by atoms with E-state index in [1.807, 2.05) is 26.1 Å². The first-order chi connectivity index (χ1) is 15.1. The number of hydrogen-bond acceptors (Lipinski definition) is 8. The second kappa shape index (κ2) is 9.84. The molecule has 1 aliphatic rings. The molecule has 1 unspecified atom stereocenters. The molecule has 8 nitrogen and oxygen atoms in total. The molecule has 0 amide bonds. The molecule has 4 rings (SSSR count). The van der Waals surface area contributed by atoms with Gasteiger partial charge in [0.1, 0.15) is 11.6 Å². The fourth-order valence-corrected chi connectivity index (χ4v) is 4.43.